The van der Waals surface area contributed by atoms with E-state index in [1.807, 2.05) is 49.3 Å². The number of amides is 3. The minimum absolute atomic E-state index is 0.00264. The summed E-state index contributed by atoms with van der Waals surface area (Å²) in [5, 5.41) is 0. The minimum Gasteiger partial charge on any atom is -0.378 e. The van der Waals surface area contributed by atoms with Gasteiger partial charge in [0.15, 0.2) is 0 Å². The second-order valence-electron chi connectivity index (χ2n) is 6.81. The van der Waals surface area contributed by atoms with E-state index in [9.17, 15) is 14.4 Å². The molecule has 0 spiro atoms. The molecule has 0 atom stereocenters. The van der Waals surface area contributed by atoms with Crippen LogP contribution in [0.15, 0.2) is 53.4 Å². The van der Waals surface area contributed by atoms with E-state index >= 15 is 0 Å². The van der Waals surface area contributed by atoms with E-state index < -0.39 is 11.8 Å². The van der Waals surface area contributed by atoms with E-state index in [1.54, 1.807) is 34.9 Å². The third-order valence-electron chi connectivity index (χ3n) is 4.54. The number of fused-ring (bicyclic) bond motifs is 1. The van der Waals surface area contributed by atoms with Crippen molar-refractivity contribution in [3.05, 3.63) is 54.1 Å². The summed E-state index contributed by atoms with van der Waals surface area (Å²) in [7, 11) is 3.77. The van der Waals surface area contributed by atoms with Gasteiger partial charge in [0.1, 0.15) is 0 Å². The molecule has 2 aromatic carbocycles. The number of para-hydroxylation sites is 1. The third-order valence-corrected chi connectivity index (χ3v) is 5.58. The SMILES string of the molecule is CN(C)c1cccc(C(=O)NNC(=O)CCC(=O)N2CCSc3ccccc32)c1. The summed E-state index contributed by atoms with van der Waals surface area (Å²) < 4.78 is 0. The molecule has 7 nitrogen and oxygen atoms in total. The van der Waals surface area contributed by atoms with Crippen molar-refractivity contribution in [3.63, 3.8) is 0 Å². The van der Waals surface area contributed by atoms with Crippen molar-refractivity contribution < 1.29 is 14.4 Å². The molecule has 8 heteroatoms. The molecule has 3 rings (SSSR count). The van der Waals surface area contributed by atoms with Crippen LogP contribution in [0.4, 0.5) is 11.4 Å². The van der Waals surface area contributed by atoms with Crippen molar-refractivity contribution in [3.8, 4) is 0 Å². The lowest BCUT2D eigenvalue weighted by atomic mass is 10.2. The Bertz CT molecular complexity index is 916. The average Bonchev–Trinajstić information content (AvgIpc) is 2.75. The molecule has 1 heterocycles. The van der Waals surface area contributed by atoms with Crippen LogP contribution in [0.5, 0.6) is 0 Å². The second kappa shape index (κ2) is 9.47. The van der Waals surface area contributed by atoms with Crippen molar-refractivity contribution in [2.24, 2.45) is 0 Å². The molecule has 0 radical (unpaired) electrons. The molecular weight excluding hydrogens is 388 g/mol. The molecule has 152 valence electrons. The molecule has 3 amide bonds. The van der Waals surface area contributed by atoms with Gasteiger partial charge in [0, 0.05) is 55.4 Å². The normalized spacial score (nSPS) is 12.7. The van der Waals surface area contributed by atoms with Crippen LogP contribution in [0.2, 0.25) is 0 Å². The molecule has 0 saturated carbocycles. The smallest absolute Gasteiger partial charge is 0.269 e. The number of hydrogen-bond donors (Lipinski definition) is 2. The van der Waals surface area contributed by atoms with Crippen LogP contribution >= 0.6 is 11.8 Å². The number of nitrogens with zero attached hydrogens (tertiary/aromatic N) is 2. The van der Waals surface area contributed by atoms with Crippen molar-refractivity contribution in [2.45, 2.75) is 17.7 Å². The lowest BCUT2D eigenvalue weighted by Gasteiger charge is -2.29. The number of benzene rings is 2. The highest BCUT2D eigenvalue weighted by Crippen LogP contribution is 2.34. The summed E-state index contributed by atoms with van der Waals surface area (Å²) in [6, 6.07) is 14.8. The molecule has 1 aliphatic heterocycles. The first-order valence-electron chi connectivity index (χ1n) is 9.34. The molecular formula is C21H24N4O3S. The Kier molecular flexibility index (Phi) is 6.77. The number of rotatable bonds is 5. The predicted molar refractivity (Wildman–Crippen MR) is 115 cm³/mol. The fourth-order valence-electron chi connectivity index (χ4n) is 2.97. The van der Waals surface area contributed by atoms with Gasteiger partial charge in [0.2, 0.25) is 11.8 Å². The van der Waals surface area contributed by atoms with Gasteiger partial charge in [-0.15, -0.1) is 11.8 Å². The quantitative estimate of drug-likeness (QED) is 0.737. The fourth-order valence-corrected chi connectivity index (χ4v) is 3.97. The minimum atomic E-state index is -0.407. The van der Waals surface area contributed by atoms with Crippen LogP contribution in [-0.4, -0.2) is 44.1 Å². The van der Waals surface area contributed by atoms with E-state index in [-0.39, 0.29) is 18.7 Å². The maximum absolute atomic E-state index is 12.6. The molecule has 0 bridgehead atoms. The zero-order valence-corrected chi connectivity index (χ0v) is 17.3. The lowest BCUT2D eigenvalue weighted by Crippen LogP contribution is -2.42. The standard InChI is InChI=1S/C21H24N4O3S/c1-24(2)16-7-5-6-15(14-16)21(28)23-22-19(26)10-11-20(27)25-12-13-29-18-9-4-3-8-17(18)25/h3-9,14H,10-13H2,1-2H3,(H,22,26)(H,23,28). The van der Waals surface area contributed by atoms with Gasteiger partial charge in [0.25, 0.3) is 5.91 Å². The molecule has 0 aliphatic carbocycles. The van der Waals surface area contributed by atoms with Crippen molar-refractivity contribution >= 4 is 40.9 Å². The van der Waals surface area contributed by atoms with Crippen LogP contribution in [0.25, 0.3) is 0 Å². The molecule has 0 saturated heterocycles. The Morgan fingerprint density at radius 1 is 1.03 bits per heavy atom. The van der Waals surface area contributed by atoms with E-state index in [4.69, 9.17) is 0 Å². The summed E-state index contributed by atoms with van der Waals surface area (Å²) in [6.45, 7) is 0.626. The fraction of sp³-hybridized carbons (Fsp3) is 0.286. The maximum atomic E-state index is 12.6. The Hall–Kier alpha value is -3.00. The van der Waals surface area contributed by atoms with Crippen molar-refractivity contribution in [2.75, 3.05) is 36.2 Å². The van der Waals surface area contributed by atoms with Crippen LogP contribution in [0, 0.1) is 0 Å². The molecule has 0 aromatic heterocycles. The first-order chi connectivity index (χ1) is 14.0. The monoisotopic (exact) mass is 412 g/mol. The highest BCUT2D eigenvalue weighted by molar-refractivity contribution is 7.99. The van der Waals surface area contributed by atoms with Crippen molar-refractivity contribution in [1.29, 1.82) is 0 Å². The van der Waals surface area contributed by atoms with E-state index in [0.717, 1.165) is 22.0 Å². The van der Waals surface area contributed by atoms with Crippen LogP contribution in [0.1, 0.15) is 23.2 Å². The highest BCUT2D eigenvalue weighted by atomic mass is 32.2. The van der Waals surface area contributed by atoms with Gasteiger partial charge in [-0.3, -0.25) is 25.2 Å². The number of nitrogens with one attached hydrogen (secondary N) is 2. The van der Waals surface area contributed by atoms with Gasteiger partial charge in [-0.25, -0.2) is 0 Å². The number of thioether (sulfide) groups is 1. The van der Waals surface area contributed by atoms with Gasteiger partial charge in [0.05, 0.1) is 5.69 Å². The number of hydrogen-bond acceptors (Lipinski definition) is 5. The number of carbonyl (C=O) groups excluding carboxylic acids is 3. The first-order valence-corrected chi connectivity index (χ1v) is 10.3. The summed E-state index contributed by atoms with van der Waals surface area (Å²) in [5.41, 5.74) is 6.99. The summed E-state index contributed by atoms with van der Waals surface area (Å²) in [6.07, 6.45) is 0.0828. The zero-order chi connectivity index (χ0) is 20.8. The first kappa shape index (κ1) is 20.7. The van der Waals surface area contributed by atoms with Crippen molar-refractivity contribution in [1.82, 2.24) is 10.9 Å². The van der Waals surface area contributed by atoms with E-state index in [1.165, 1.54) is 0 Å². The molecule has 1 aliphatic rings. The lowest BCUT2D eigenvalue weighted by molar-refractivity contribution is -0.125. The van der Waals surface area contributed by atoms with Gasteiger partial charge in [-0.05, 0) is 30.3 Å². The summed E-state index contributed by atoms with van der Waals surface area (Å²) in [5.74, 6) is -0.0831. The average molecular weight is 413 g/mol. The predicted octanol–water partition coefficient (Wildman–Crippen LogP) is 2.43. The molecule has 2 aromatic rings. The van der Waals surface area contributed by atoms with Gasteiger partial charge in [-0.2, -0.15) is 0 Å². The second-order valence-corrected chi connectivity index (χ2v) is 7.95. The molecule has 2 N–H and O–H groups in total. The van der Waals surface area contributed by atoms with Crippen LogP contribution in [-0.2, 0) is 9.59 Å². The van der Waals surface area contributed by atoms with Crippen LogP contribution in [0.3, 0.4) is 0 Å². The van der Waals surface area contributed by atoms with Gasteiger partial charge in [-0.1, -0.05) is 18.2 Å². The largest absolute Gasteiger partial charge is 0.378 e. The summed E-state index contributed by atoms with van der Waals surface area (Å²) >= 11 is 1.72. The van der Waals surface area contributed by atoms with Gasteiger partial charge < -0.3 is 9.80 Å². The number of hydrazine groups is 1. The number of carbonyl (C=O) groups is 3. The highest BCUT2D eigenvalue weighted by Gasteiger charge is 2.23. The molecule has 29 heavy (non-hydrogen) atoms. The molecule has 0 fully saturated rings. The topological polar surface area (TPSA) is 81.8 Å². The third kappa shape index (κ3) is 5.29. The summed E-state index contributed by atoms with van der Waals surface area (Å²) in [4.78, 5) is 41.6. The van der Waals surface area contributed by atoms with E-state index in [0.29, 0.717) is 12.1 Å². The van der Waals surface area contributed by atoms with Gasteiger partial charge >= 0.3 is 0 Å². The Labute approximate surface area is 174 Å². The Morgan fingerprint density at radius 3 is 2.62 bits per heavy atom. The number of anilines is 2. The Morgan fingerprint density at radius 2 is 1.83 bits per heavy atom. The zero-order valence-electron chi connectivity index (χ0n) is 16.5. The maximum Gasteiger partial charge on any atom is 0.269 e. The van der Waals surface area contributed by atoms with Crippen LogP contribution < -0.4 is 20.7 Å². The Balaban J connectivity index is 1.49. The van der Waals surface area contributed by atoms with E-state index in [2.05, 4.69) is 10.9 Å². The molecule has 0 unspecified atom stereocenters.